The van der Waals surface area contributed by atoms with E-state index in [4.69, 9.17) is 27.9 Å². The van der Waals surface area contributed by atoms with Gasteiger partial charge in [0.1, 0.15) is 18.2 Å². The molecule has 0 heterocycles. The summed E-state index contributed by atoms with van der Waals surface area (Å²) in [6.07, 6.45) is 0. The van der Waals surface area contributed by atoms with E-state index in [1.54, 1.807) is 18.2 Å². The van der Waals surface area contributed by atoms with Gasteiger partial charge in [-0.1, -0.05) is 53.0 Å². The zero-order valence-electron chi connectivity index (χ0n) is 14.2. The van der Waals surface area contributed by atoms with E-state index < -0.39 is 0 Å². The minimum atomic E-state index is -0.275. The summed E-state index contributed by atoms with van der Waals surface area (Å²) in [5.41, 5.74) is 3.88. The molecule has 134 valence electrons. The van der Waals surface area contributed by atoms with Gasteiger partial charge in [-0.05, 0) is 48.9 Å². The number of benzene rings is 3. The molecule has 0 fully saturated rings. The first kappa shape index (κ1) is 18.6. The Morgan fingerprint density at radius 3 is 2.35 bits per heavy atom. The monoisotopic (exact) mass is 389 g/mol. The predicted octanol–water partition coefficient (Wildman–Crippen LogP) is 6.63. The number of hydrogen-bond donors (Lipinski definition) is 1. The average molecular weight is 390 g/mol. The normalized spacial score (nSPS) is 10.6. The minimum absolute atomic E-state index is 0.275. The summed E-state index contributed by atoms with van der Waals surface area (Å²) < 4.78 is 19.0. The van der Waals surface area contributed by atoms with Crippen LogP contribution in [0.25, 0.3) is 0 Å². The molecule has 2 nitrogen and oxygen atoms in total. The van der Waals surface area contributed by atoms with E-state index >= 15 is 0 Å². The molecule has 3 aromatic carbocycles. The third kappa shape index (κ3) is 4.90. The second kappa shape index (κ2) is 8.43. The van der Waals surface area contributed by atoms with Gasteiger partial charge in [-0.3, -0.25) is 0 Å². The zero-order valence-corrected chi connectivity index (χ0v) is 15.7. The van der Waals surface area contributed by atoms with E-state index in [0.29, 0.717) is 28.9 Å². The summed E-state index contributed by atoms with van der Waals surface area (Å²) in [6.45, 7) is 2.90. The predicted molar refractivity (Wildman–Crippen MR) is 106 cm³/mol. The van der Waals surface area contributed by atoms with Crippen LogP contribution in [0.1, 0.15) is 16.7 Å². The highest BCUT2D eigenvalue weighted by Gasteiger charge is 2.11. The number of ether oxygens (including phenoxy) is 1. The van der Waals surface area contributed by atoms with Crippen LogP contribution in [0.4, 0.5) is 10.1 Å². The average Bonchev–Trinajstić information content (AvgIpc) is 2.62. The van der Waals surface area contributed by atoms with Gasteiger partial charge >= 0.3 is 0 Å². The summed E-state index contributed by atoms with van der Waals surface area (Å²) in [5, 5.41) is 4.22. The molecular weight excluding hydrogens is 372 g/mol. The zero-order chi connectivity index (χ0) is 18.5. The molecule has 0 amide bonds. The summed E-state index contributed by atoms with van der Waals surface area (Å²) >= 11 is 12.5. The van der Waals surface area contributed by atoms with Crippen LogP contribution in [-0.4, -0.2) is 0 Å². The maximum Gasteiger partial charge on any atom is 0.143 e. The molecule has 3 aromatic rings. The molecule has 0 aromatic heterocycles. The third-order valence-corrected chi connectivity index (χ3v) is 4.42. The van der Waals surface area contributed by atoms with Gasteiger partial charge in [0.25, 0.3) is 0 Å². The van der Waals surface area contributed by atoms with Crippen LogP contribution in [0.15, 0.2) is 60.7 Å². The first-order valence-corrected chi connectivity index (χ1v) is 8.92. The van der Waals surface area contributed by atoms with Gasteiger partial charge in [0.15, 0.2) is 0 Å². The molecule has 1 N–H and O–H groups in total. The molecule has 3 rings (SSSR count). The highest BCUT2D eigenvalue weighted by molar-refractivity contribution is 6.35. The van der Waals surface area contributed by atoms with Crippen LogP contribution in [0.3, 0.4) is 0 Å². The van der Waals surface area contributed by atoms with Crippen molar-refractivity contribution in [2.75, 3.05) is 5.32 Å². The van der Waals surface area contributed by atoms with Gasteiger partial charge in [-0.2, -0.15) is 0 Å². The lowest BCUT2D eigenvalue weighted by atomic mass is 10.1. The van der Waals surface area contributed by atoms with Crippen LogP contribution in [0.2, 0.25) is 10.0 Å². The Balaban J connectivity index is 1.75. The molecular formula is C21H18Cl2FNO. The highest BCUT2D eigenvalue weighted by atomic mass is 35.5. The van der Waals surface area contributed by atoms with Gasteiger partial charge < -0.3 is 10.1 Å². The number of nitrogens with one attached hydrogen (secondary N) is 1. The lowest BCUT2D eigenvalue weighted by Gasteiger charge is -2.15. The van der Waals surface area contributed by atoms with Gasteiger partial charge in [0.2, 0.25) is 0 Å². The number of rotatable bonds is 6. The molecule has 0 saturated carbocycles. The Bertz CT molecular complexity index is 880. The van der Waals surface area contributed by atoms with E-state index in [-0.39, 0.29) is 5.82 Å². The molecule has 0 spiro atoms. The molecule has 0 bridgehead atoms. The standard InChI is InChI=1S/C21H18Cl2FNO/c1-14-2-4-15(5-3-14)13-26-21-16(10-17(22)11-20(21)23)12-25-19-8-6-18(24)7-9-19/h2-11,25H,12-13H2,1H3. The summed E-state index contributed by atoms with van der Waals surface area (Å²) in [5.74, 6) is 0.315. The largest absolute Gasteiger partial charge is 0.487 e. The lowest BCUT2D eigenvalue weighted by molar-refractivity contribution is 0.303. The van der Waals surface area contributed by atoms with E-state index in [1.165, 1.54) is 17.7 Å². The fraction of sp³-hybridized carbons (Fsp3) is 0.143. The van der Waals surface area contributed by atoms with Crippen molar-refractivity contribution in [3.8, 4) is 5.75 Å². The Labute approximate surface area is 162 Å². The van der Waals surface area contributed by atoms with E-state index in [0.717, 1.165) is 16.8 Å². The minimum Gasteiger partial charge on any atom is -0.487 e. The lowest BCUT2D eigenvalue weighted by Crippen LogP contribution is -2.04. The molecule has 0 radical (unpaired) electrons. The fourth-order valence-corrected chi connectivity index (χ4v) is 3.10. The Morgan fingerprint density at radius 2 is 1.65 bits per heavy atom. The first-order chi connectivity index (χ1) is 12.5. The summed E-state index contributed by atoms with van der Waals surface area (Å²) in [7, 11) is 0. The molecule has 0 aliphatic carbocycles. The van der Waals surface area contributed by atoms with Gasteiger partial charge in [-0.25, -0.2) is 4.39 Å². The molecule has 0 unspecified atom stereocenters. The van der Waals surface area contributed by atoms with E-state index in [1.807, 2.05) is 37.3 Å². The van der Waals surface area contributed by atoms with Crippen molar-refractivity contribution in [1.29, 1.82) is 0 Å². The number of halogens is 3. The first-order valence-electron chi connectivity index (χ1n) is 8.17. The van der Waals surface area contributed by atoms with Crippen LogP contribution < -0.4 is 10.1 Å². The number of aryl methyl sites for hydroxylation is 1. The smallest absolute Gasteiger partial charge is 0.143 e. The molecule has 0 atom stereocenters. The van der Waals surface area contributed by atoms with E-state index in [9.17, 15) is 4.39 Å². The topological polar surface area (TPSA) is 21.3 Å². The van der Waals surface area contributed by atoms with Gasteiger partial charge in [0.05, 0.1) is 5.02 Å². The van der Waals surface area contributed by atoms with E-state index in [2.05, 4.69) is 5.32 Å². The van der Waals surface area contributed by atoms with Crippen LogP contribution in [-0.2, 0) is 13.2 Å². The quantitative estimate of drug-likeness (QED) is 0.510. The van der Waals surface area contributed by atoms with Gasteiger partial charge in [0, 0.05) is 22.8 Å². The highest BCUT2D eigenvalue weighted by Crippen LogP contribution is 2.33. The number of hydrogen-bond acceptors (Lipinski definition) is 2. The summed E-state index contributed by atoms with van der Waals surface area (Å²) in [4.78, 5) is 0. The maximum absolute atomic E-state index is 13.0. The van der Waals surface area contributed by atoms with Crippen molar-refractivity contribution >= 4 is 28.9 Å². The Hall–Kier alpha value is -2.23. The SMILES string of the molecule is Cc1ccc(COc2c(Cl)cc(Cl)cc2CNc2ccc(F)cc2)cc1. The Kier molecular flexibility index (Phi) is 6.02. The Morgan fingerprint density at radius 1 is 0.962 bits per heavy atom. The molecule has 0 aliphatic heterocycles. The maximum atomic E-state index is 13.0. The van der Waals surface area contributed by atoms with Crippen molar-refractivity contribution in [2.45, 2.75) is 20.1 Å². The molecule has 0 aliphatic rings. The van der Waals surface area contributed by atoms with Crippen LogP contribution in [0, 0.1) is 12.7 Å². The second-order valence-corrected chi connectivity index (χ2v) is 6.85. The van der Waals surface area contributed by atoms with Crippen molar-refractivity contribution in [1.82, 2.24) is 0 Å². The molecule has 0 saturated heterocycles. The summed E-state index contributed by atoms with van der Waals surface area (Å²) in [6, 6.07) is 17.8. The number of anilines is 1. The fourth-order valence-electron chi connectivity index (χ4n) is 2.51. The molecule has 26 heavy (non-hydrogen) atoms. The van der Waals surface area contributed by atoms with Crippen molar-refractivity contribution < 1.29 is 9.13 Å². The van der Waals surface area contributed by atoms with Crippen molar-refractivity contribution in [3.63, 3.8) is 0 Å². The van der Waals surface area contributed by atoms with Crippen molar-refractivity contribution in [3.05, 3.63) is 93.2 Å². The van der Waals surface area contributed by atoms with Crippen LogP contribution in [0.5, 0.6) is 5.75 Å². The van der Waals surface area contributed by atoms with Crippen LogP contribution >= 0.6 is 23.2 Å². The third-order valence-electron chi connectivity index (χ3n) is 3.92. The molecule has 5 heteroatoms. The van der Waals surface area contributed by atoms with Crippen molar-refractivity contribution in [2.24, 2.45) is 0 Å². The van der Waals surface area contributed by atoms with Gasteiger partial charge in [-0.15, -0.1) is 0 Å². The second-order valence-electron chi connectivity index (χ2n) is 6.01.